The molecule has 1 aliphatic rings. The SMILES string of the molecule is O=C(COC(=O)c1cc2c(s1)CCCC2)Nc1nc(-c2cccc([N+](=O)[O-])c2)cs1. The van der Waals surface area contributed by atoms with Crippen LogP contribution in [0.2, 0.25) is 0 Å². The lowest BCUT2D eigenvalue weighted by Crippen LogP contribution is -2.20. The predicted octanol–water partition coefficient (Wildman–Crippen LogP) is 4.45. The molecule has 0 bridgehead atoms. The van der Waals surface area contributed by atoms with Gasteiger partial charge in [-0.15, -0.1) is 22.7 Å². The van der Waals surface area contributed by atoms with Gasteiger partial charge in [-0.05, 0) is 37.3 Å². The van der Waals surface area contributed by atoms with Gasteiger partial charge in [-0.2, -0.15) is 0 Å². The molecule has 1 N–H and O–H groups in total. The van der Waals surface area contributed by atoms with Crippen LogP contribution < -0.4 is 5.32 Å². The van der Waals surface area contributed by atoms with E-state index < -0.39 is 23.4 Å². The molecule has 1 aromatic carbocycles. The van der Waals surface area contributed by atoms with E-state index >= 15 is 0 Å². The summed E-state index contributed by atoms with van der Waals surface area (Å²) >= 11 is 2.62. The number of benzene rings is 1. The summed E-state index contributed by atoms with van der Waals surface area (Å²) < 4.78 is 5.13. The normalized spacial score (nSPS) is 12.8. The Kier molecular flexibility index (Phi) is 5.86. The summed E-state index contributed by atoms with van der Waals surface area (Å²) in [5, 5.41) is 15.5. The van der Waals surface area contributed by atoms with E-state index in [-0.39, 0.29) is 5.69 Å². The number of nitrogens with zero attached hydrogens (tertiary/aromatic N) is 2. The smallest absolute Gasteiger partial charge is 0.348 e. The molecule has 154 valence electrons. The maximum atomic E-state index is 12.2. The molecule has 8 nitrogen and oxygen atoms in total. The number of nitro groups is 1. The van der Waals surface area contributed by atoms with Crippen molar-refractivity contribution in [3.63, 3.8) is 0 Å². The van der Waals surface area contributed by atoms with E-state index in [1.54, 1.807) is 17.5 Å². The van der Waals surface area contributed by atoms with E-state index in [2.05, 4.69) is 10.3 Å². The van der Waals surface area contributed by atoms with Gasteiger partial charge in [0.15, 0.2) is 11.7 Å². The number of ether oxygens (including phenoxy) is 1. The molecule has 4 rings (SSSR count). The number of fused-ring (bicyclic) bond motifs is 1. The molecule has 30 heavy (non-hydrogen) atoms. The predicted molar refractivity (Wildman–Crippen MR) is 114 cm³/mol. The number of nitro benzene ring substituents is 1. The number of anilines is 1. The molecule has 10 heteroatoms. The third-order valence-corrected chi connectivity index (χ3v) is 6.61. The lowest BCUT2D eigenvalue weighted by atomic mass is 9.99. The highest BCUT2D eigenvalue weighted by atomic mass is 32.1. The molecule has 0 saturated carbocycles. The summed E-state index contributed by atoms with van der Waals surface area (Å²) in [7, 11) is 0. The van der Waals surface area contributed by atoms with Gasteiger partial charge in [0.25, 0.3) is 11.6 Å². The highest BCUT2D eigenvalue weighted by Crippen LogP contribution is 2.30. The number of non-ortho nitro benzene ring substituents is 1. The van der Waals surface area contributed by atoms with Crippen molar-refractivity contribution < 1.29 is 19.2 Å². The van der Waals surface area contributed by atoms with Crippen LogP contribution in [0, 0.1) is 10.1 Å². The second-order valence-corrected chi connectivity index (χ2v) is 8.73. The van der Waals surface area contributed by atoms with Crippen LogP contribution in [0.3, 0.4) is 0 Å². The van der Waals surface area contributed by atoms with E-state index in [0.29, 0.717) is 21.3 Å². The zero-order valence-corrected chi connectivity index (χ0v) is 17.4. The minimum absolute atomic E-state index is 0.0340. The summed E-state index contributed by atoms with van der Waals surface area (Å²) in [6.07, 6.45) is 4.24. The second kappa shape index (κ2) is 8.72. The molecule has 1 amide bonds. The quantitative estimate of drug-likeness (QED) is 0.342. The van der Waals surface area contributed by atoms with Crippen molar-refractivity contribution >= 4 is 45.4 Å². The zero-order valence-electron chi connectivity index (χ0n) is 15.8. The Morgan fingerprint density at radius 2 is 2.07 bits per heavy atom. The molecule has 3 aromatic rings. The van der Waals surface area contributed by atoms with Crippen molar-refractivity contribution in [3.05, 3.63) is 61.1 Å². The first-order valence-electron chi connectivity index (χ1n) is 9.28. The largest absolute Gasteiger partial charge is 0.451 e. The monoisotopic (exact) mass is 443 g/mol. The van der Waals surface area contributed by atoms with Gasteiger partial charge in [-0.3, -0.25) is 20.2 Å². The number of amides is 1. The minimum Gasteiger partial charge on any atom is -0.451 e. The van der Waals surface area contributed by atoms with E-state index in [4.69, 9.17) is 4.74 Å². The molecule has 2 aromatic heterocycles. The Bertz CT molecular complexity index is 1100. The Morgan fingerprint density at radius 3 is 2.87 bits per heavy atom. The fourth-order valence-electron chi connectivity index (χ4n) is 3.19. The summed E-state index contributed by atoms with van der Waals surface area (Å²) in [5.41, 5.74) is 2.27. The number of nitrogens with one attached hydrogen (secondary N) is 1. The van der Waals surface area contributed by atoms with Gasteiger partial charge >= 0.3 is 5.97 Å². The number of thiophene rings is 1. The van der Waals surface area contributed by atoms with Crippen molar-refractivity contribution in [2.75, 3.05) is 11.9 Å². The topological polar surface area (TPSA) is 111 Å². The van der Waals surface area contributed by atoms with Crippen LogP contribution in [-0.2, 0) is 22.4 Å². The van der Waals surface area contributed by atoms with Crippen molar-refractivity contribution in [2.24, 2.45) is 0 Å². The van der Waals surface area contributed by atoms with Crippen molar-refractivity contribution in [1.82, 2.24) is 4.98 Å². The number of carbonyl (C=O) groups is 2. The van der Waals surface area contributed by atoms with Crippen molar-refractivity contribution in [2.45, 2.75) is 25.7 Å². The van der Waals surface area contributed by atoms with Gasteiger partial charge < -0.3 is 4.74 Å². The molecule has 0 atom stereocenters. The van der Waals surface area contributed by atoms with Crippen molar-refractivity contribution in [3.8, 4) is 11.3 Å². The van der Waals surface area contributed by atoms with Gasteiger partial charge in [0, 0.05) is 28.0 Å². The average molecular weight is 444 g/mol. The van der Waals surface area contributed by atoms with E-state index in [1.165, 1.54) is 45.2 Å². The minimum atomic E-state index is -0.499. The Balaban J connectivity index is 1.33. The number of esters is 1. The molecule has 0 aliphatic heterocycles. The molecule has 0 saturated heterocycles. The van der Waals surface area contributed by atoms with Gasteiger partial charge in [0.05, 0.1) is 10.6 Å². The van der Waals surface area contributed by atoms with Crippen LogP contribution in [0.4, 0.5) is 10.8 Å². The Labute approximate surface area is 179 Å². The third-order valence-electron chi connectivity index (χ3n) is 4.64. The summed E-state index contributed by atoms with van der Waals surface area (Å²) in [6.45, 7) is -0.410. The molecule has 0 radical (unpaired) electrons. The highest BCUT2D eigenvalue weighted by molar-refractivity contribution is 7.14. The number of hydrogen-bond acceptors (Lipinski definition) is 8. The number of carbonyl (C=O) groups excluding carboxylic acids is 2. The maximum absolute atomic E-state index is 12.2. The summed E-state index contributed by atoms with van der Waals surface area (Å²) in [6, 6.07) is 7.97. The van der Waals surface area contributed by atoms with Crippen LogP contribution >= 0.6 is 22.7 Å². The zero-order chi connectivity index (χ0) is 21.1. The van der Waals surface area contributed by atoms with Crippen molar-refractivity contribution in [1.29, 1.82) is 0 Å². The second-order valence-electron chi connectivity index (χ2n) is 6.74. The maximum Gasteiger partial charge on any atom is 0.348 e. The van der Waals surface area contributed by atoms with Crippen LogP contribution in [0.25, 0.3) is 11.3 Å². The molecule has 0 unspecified atom stereocenters. The average Bonchev–Trinajstić information content (AvgIpc) is 3.39. The van der Waals surface area contributed by atoms with Gasteiger partial charge in [-0.1, -0.05) is 12.1 Å². The molecule has 0 spiro atoms. The first-order chi connectivity index (χ1) is 14.5. The fourth-order valence-corrected chi connectivity index (χ4v) is 5.07. The van der Waals surface area contributed by atoms with Gasteiger partial charge in [0.1, 0.15) is 4.88 Å². The fraction of sp³-hybridized carbons (Fsp3) is 0.250. The van der Waals surface area contributed by atoms with E-state index in [0.717, 1.165) is 25.7 Å². The number of aromatic nitrogens is 1. The lowest BCUT2D eigenvalue weighted by Gasteiger charge is -2.08. The van der Waals surface area contributed by atoms with Crippen LogP contribution in [0.1, 0.15) is 33.0 Å². The summed E-state index contributed by atoms with van der Waals surface area (Å²) in [5.74, 6) is -0.995. The van der Waals surface area contributed by atoms with Crippen LogP contribution in [0.5, 0.6) is 0 Å². The van der Waals surface area contributed by atoms with E-state index in [9.17, 15) is 19.7 Å². The van der Waals surface area contributed by atoms with Gasteiger partial charge in [-0.25, -0.2) is 9.78 Å². The molecular formula is C20H17N3O5S2. The standard InChI is InChI=1S/C20H17N3O5S2/c24-18(10-28-19(25)17-9-13-4-1-2-7-16(13)30-17)22-20-21-15(11-29-20)12-5-3-6-14(8-12)23(26)27/h3,5-6,8-9,11H,1-2,4,7,10H2,(H,21,22,24). The Morgan fingerprint density at radius 1 is 1.23 bits per heavy atom. The summed E-state index contributed by atoms with van der Waals surface area (Å²) in [4.78, 5) is 40.8. The van der Waals surface area contributed by atoms with E-state index in [1.807, 2.05) is 6.07 Å². The molecule has 2 heterocycles. The number of thiazole rings is 1. The molecular weight excluding hydrogens is 426 g/mol. The first kappa shape index (κ1) is 20.2. The lowest BCUT2D eigenvalue weighted by molar-refractivity contribution is -0.384. The third kappa shape index (κ3) is 4.55. The van der Waals surface area contributed by atoms with Crippen LogP contribution in [-0.4, -0.2) is 28.4 Å². The Hall–Kier alpha value is -3.11. The van der Waals surface area contributed by atoms with Gasteiger partial charge in [0.2, 0.25) is 0 Å². The molecule has 0 fully saturated rings. The first-order valence-corrected chi connectivity index (χ1v) is 11.0. The molecule has 1 aliphatic carbocycles. The number of aryl methyl sites for hydroxylation is 2. The number of rotatable bonds is 6. The van der Waals surface area contributed by atoms with Crippen LogP contribution in [0.15, 0.2) is 35.7 Å². The number of hydrogen-bond donors (Lipinski definition) is 1. The highest BCUT2D eigenvalue weighted by Gasteiger charge is 2.19.